The van der Waals surface area contributed by atoms with Gasteiger partial charge in [0.1, 0.15) is 0 Å². The second kappa shape index (κ2) is 6.08. The monoisotopic (exact) mass is 260 g/mol. The lowest BCUT2D eigenvalue weighted by Gasteiger charge is -1.99. The SMILES string of the molecule is Cc1cccc(CCc2nnn(CCC(=O)O)n2)c1. The smallest absolute Gasteiger partial charge is 0.305 e. The lowest BCUT2D eigenvalue weighted by Crippen LogP contribution is -2.07. The van der Waals surface area contributed by atoms with Crippen LogP contribution in [0.4, 0.5) is 0 Å². The molecule has 6 heteroatoms. The van der Waals surface area contributed by atoms with Crippen LogP contribution in [0.15, 0.2) is 24.3 Å². The molecule has 6 nitrogen and oxygen atoms in total. The number of hydrogen-bond acceptors (Lipinski definition) is 4. The van der Waals surface area contributed by atoms with Crippen LogP contribution in [0.2, 0.25) is 0 Å². The highest BCUT2D eigenvalue weighted by atomic mass is 16.4. The first-order valence-corrected chi connectivity index (χ1v) is 6.17. The predicted octanol–water partition coefficient (Wildman–Crippen LogP) is 1.24. The molecule has 19 heavy (non-hydrogen) atoms. The van der Waals surface area contributed by atoms with Crippen LogP contribution < -0.4 is 0 Å². The van der Waals surface area contributed by atoms with Crippen molar-refractivity contribution in [2.45, 2.75) is 32.7 Å². The number of nitrogens with zero attached hydrogens (tertiary/aromatic N) is 4. The summed E-state index contributed by atoms with van der Waals surface area (Å²) in [6, 6.07) is 8.29. The zero-order valence-corrected chi connectivity index (χ0v) is 10.8. The van der Waals surface area contributed by atoms with E-state index in [0.29, 0.717) is 12.2 Å². The lowest BCUT2D eigenvalue weighted by molar-refractivity contribution is -0.137. The average Bonchev–Trinajstić information content (AvgIpc) is 2.82. The third-order valence-electron chi connectivity index (χ3n) is 2.74. The fourth-order valence-corrected chi connectivity index (χ4v) is 1.79. The zero-order valence-electron chi connectivity index (χ0n) is 10.8. The molecule has 0 unspecified atom stereocenters. The molecule has 0 aliphatic rings. The number of aromatic nitrogens is 4. The summed E-state index contributed by atoms with van der Waals surface area (Å²) >= 11 is 0. The molecule has 0 saturated heterocycles. The Kier molecular flexibility index (Phi) is 4.22. The third kappa shape index (κ3) is 4.17. The molecule has 1 aromatic carbocycles. The van der Waals surface area contributed by atoms with Gasteiger partial charge in [-0.25, -0.2) is 0 Å². The number of aryl methyl sites for hydroxylation is 4. The number of carbonyl (C=O) groups is 1. The summed E-state index contributed by atoms with van der Waals surface area (Å²) in [5.74, 6) is -0.217. The van der Waals surface area contributed by atoms with E-state index in [1.54, 1.807) is 0 Å². The molecule has 1 heterocycles. The molecule has 0 bridgehead atoms. The van der Waals surface area contributed by atoms with Gasteiger partial charge in [0.25, 0.3) is 0 Å². The maximum atomic E-state index is 10.4. The lowest BCUT2D eigenvalue weighted by atomic mass is 10.1. The second-order valence-electron chi connectivity index (χ2n) is 4.43. The van der Waals surface area contributed by atoms with Gasteiger partial charge >= 0.3 is 5.97 Å². The van der Waals surface area contributed by atoms with E-state index in [1.807, 2.05) is 6.07 Å². The Labute approximate surface area is 111 Å². The molecule has 0 fully saturated rings. The highest BCUT2D eigenvalue weighted by molar-refractivity contribution is 5.66. The Hall–Kier alpha value is -2.24. The average molecular weight is 260 g/mol. The van der Waals surface area contributed by atoms with Gasteiger partial charge in [-0.05, 0) is 24.1 Å². The van der Waals surface area contributed by atoms with Crippen molar-refractivity contribution < 1.29 is 9.90 Å². The Morgan fingerprint density at radius 1 is 1.37 bits per heavy atom. The molecule has 0 aliphatic carbocycles. The van der Waals surface area contributed by atoms with Crippen molar-refractivity contribution in [3.63, 3.8) is 0 Å². The van der Waals surface area contributed by atoms with Crippen LogP contribution in [-0.4, -0.2) is 31.3 Å². The molecule has 0 aliphatic heterocycles. The normalized spacial score (nSPS) is 10.6. The van der Waals surface area contributed by atoms with E-state index in [9.17, 15) is 4.79 Å². The van der Waals surface area contributed by atoms with Gasteiger partial charge in [0.2, 0.25) is 0 Å². The van der Waals surface area contributed by atoms with Crippen LogP contribution in [0.5, 0.6) is 0 Å². The summed E-state index contributed by atoms with van der Waals surface area (Å²) in [4.78, 5) is 11.8. The number of benzene rings is 1. The molecule has 0 radical (unpaired) electrons. The van der Waals surface area contributed by atoms with Gasteiger partial charge in [-0.1, -0.05) is 29.8 Å². The van der Waals surface area contributed by atoms with Crippen molar-refractivity contribution in [1.29, 1.82) is 0 Å². The Balaban J connectivity index is 1.88. The van der Waals surface area contributed by atoms with Gasteiger partial charge in [0, 0.05) is 6.42 Å². The number of aliphatic carboxylic acids is 1. The van der Waals surface area contributed by atoms with E-state index in [-0.39, 0.29) is 13.0 Å². The molecule has 1 aromatic heterocycles. The van der Waals surface area contributed by atoms with E-state index in [1.165, 1.54) is 15.9 Å². The number of carboxylic acids is 1. The van der Waals surface area contributed by atoms with E-state index >= 15 is 0 Å². The molecular formula is C13H16N4O2. The molecular weight excluding hydrogens is 244 g/mol. The molecule has 0 spiro atoms. The van der Waals surface area contributed by atoms with Crippen LogP contribution in [0.3, 0.4) is 0 Å². The predicted molar refractivity (Wildman–Crippen MR) is 68.7 cm³/mol. The second-order valence-corrected chi connectivity index (χ2v) is 4.43. The Morgan fingerprint density at radius 2 is 2.21 bits per heavy atom. The number of tetrazole rings is 1. The van der Waals surface area contributed by atoms with Gasteiger partial charge < -0.3 is 5.11 Å². The topological polar surface area (TPSA) is 80.9 Å². The van der Waals surface area contributed by atoms with E-state index in [0.717, 1.165) is 6.42 Å². The minimum Gasteiger partial charge on any atom is -0.481 e. The minimum absolute atomic E-state index is 0.00762. The van der Waals surface area contributed by atoms with E-state index in [4.69, 9.17) is 5.11 Å². The van der Waals surface area contributed by atoms with Crippen molar-refractivity contribution in [2.75, 3.05) is 0 Å². The highest BCUT2D eigenvalue weighted by Gasteiger charge is 2.05. The van der Waals surface area contributed by atoms with Gasteiger partial charge in [0.05, 0.1) is 13.0 Å². The summed E-state index contributed by atoms with van der Waals surface area (Å²) in [6.07, 6.45) is 1.57. The van der Waals surface area contributed by atoms with Gasteiger partial charge in [0.15, 0.2) is 5.82 Å². The Morgan fingerprint density at radius 3 is 2.95 bits per heavy atom. The minimum atomic E-state index is -0.862. The number of hydrogen-bond donors (Lipinski definition) is 1. The fraction of sp³-hybridized carbons (Fsp3) is 0.385. The zero-order chi connectivity index (χ0) is 13.7. The standard InChI is InChI=1S/C13H16N4O2/c1-10-3-2-4-11(9-10)5-6-12-14-16-17(15-12)8-7-13(18)19/h2-4,9H,5-8H2,1H3,(H,18,19). The Bertz CT molecular complexity index is 565. The molecule has 0 atom stereocenters. The van der Waals surface area contributed by atoms with Crippen molar-refractivity contribution in [3.05, 3.63) is 41.2 Å². The van der Waals surface area contributed by atoms with E-state index in [2.05, 4.69) is 40.5 Å². The molecule has 100 valence electrons. The van der Waals surface area contributed by atoms with Crippen molar-refractivity contribution in [3.8, 4) is 0 Å². The summed E-state index contributed by atoms with van der Waals surface area (Å²) in [6.45, 7) is 2.32. The largest absolute Gasteiger partial charge is 0.481 e. The van der Waals surface area contributed by atoms with Gasteiger partial charge in [-0.2, -0.15) is 4.80 Å². The van der Waals surface area contributed by atoms with Crippen molar-refractivity contribution in [1.82, 2.24) is 20.2 Å². The first kappa shape index (κ1) is 13.2. The van der Waals surface area contributed by atoms with E-state index < -0.39 is 5.97 Å². The van der Waals surface area contributed by atoms with Crippen molar-refractivity contribution >= 4 is 5.97 Å². The van der Waals surface area contributed by atoms with Crippen LogP contribution in [0.25, 0.3) is 0 Å². The molecule has 1 N–H and O–H groups in total. The maximum absolute atomic E-state index is 10.4. The number of carboxylic acid groups (broad SMARTS) is 1. The molecule has 2 aromatic rings. The third-order valence-corrected chi connectivity index (χ3v) is 2.74. The number of rotatable bonds is 6. The maximum Gasteiger partial charge on any atom is 0.305 e. The first-order valence-electron chi connectivity index (χ1n) is 6.17. The molecule has 0 amide bonds. The van der Waals surface area contributed by atoms with Gasteiger partial charge in [-0.15, -0.1) is 10.2 Å². The van der Waals surface area contributed by atoms with Crippen LogP contribution in [-0.2, 0) is 24.2 Å². The summed E-state index contributed by atoms with van der Waals surface area (Å²) in [5, 5.41) is 20.5. The quantitative estimate of drug-likeness (QED) is 0.845. The van der Waals surface area contributed by atoms with Gasteiger partial charge in [-0.3, -0.25) is 4.79 Å². The van der Waals surface area contributed by atoms with Crippen LogP contribution in [0.1, 0.15) is 23.4 Å². The molecule has 2 rings (SSSR count). The van der Waals surface area contributed by atoms with Crippen molar-refractivity contribution in [2.24, 2.45) is 0 Å². The molecule has 0 saturated carbocycles. The summed E-state index contributed by atoms with van der Waals surface area (Å²) in [5.41, 5.74) is 2.47. The summed E-state index contributed by atoms with van der Waals surface area (Å²) in [7, 11) is 0. The first-order chi connectivity index (χ1) is 9.13. The van der Waals surface area contributed by atoms with Crippen LogP contribution >= 0.6 is 0 Å². The fourth-order valence-electron chi connectivity index (χ4n) is 1.79. The summed E-state index contributed by atoms with van der Waals surface area (Å²) < 4.78 is 0. The van der Waals surface area contributed by atoms with Crippen LogP contribution in [0, 0.1) is 6.92 Å². The highest BCUT2D eigenvalue weighted by Crippen LogP contribution is 2.06.